The largest absolute Gasteiger partial charge is 0.508 e. The Morgan fingerprint density at radius 1 is 1.00 bits per heavy atom. The number of methoxy groups -OCH3 is 1. The van der Waals surface area contributed by atoms with Crippen molar-refractivity contribution >= 4 is 102 Å². The number of carbonyl (C=O) groups is 9. The molecule has 2 fully saturated rings. The molecular weight excluding hydrogens is 1280 g/mol. The number of unbranched alkanes of at least 4 members (excludes halogenated alkanes) is 2. The molecule has 6 N–H and O–H groups in total. The first-order valence-electron chi connectivity index (χ1n) is 29.5. The number of epoxide rings is 1. The van der Waals surface area contributed by atoms with Gasteiger partial charge in [-0.25, -0.2) is 9.59 Å². The van der Waals surface area contributed by atoms with Crippen LogP contribution < -0.4 is 21.3 Å². The van der Waals surface area contributed by atoms with Gasteiger partial charge in [-0.2, -0.15) is 0 Å². The Morgan fingerprint density at radius 3 is 2.34 bits per heavy atom. The average Bonchev–Trinajstić information content (AvgIpc) is 1.65. The van der Waals surface area contributed by atoms with E-state index in [0.717, 1.165) is 27.7 Å². The van der Waals surface area contributed by atoms with Crippen molar-refractivity contribution in [1.29, 1.82) is 0 Å². The Morgan fingerprint density at radius 2 is 1.70 bits per heavy atom. The van der Waals surface area contributed by atoms with E-state index in [1.54, 1.807) is 46.9 Å². The van der Waals surface area contributed by atoms with Gasteiger partial charge in [0.15, 0.2) is 5.78 Å². The molecule has 0 unspecified atom stereocenters. The highest BCUT2D eigenvalue weighted by molar-refractivity contribution is 9.09. The van der Waals surface area contributed by atoms with Crippen molar-refractivity contribution in [2.24, 2.45) is 29.4 Å². The highest BCUT2D eigenvalue weighted by Gasteiger charge is 2.64. The molecular formula is C63H86Br2ClN5O16. The summed E-state index contributed by atoms with van der Waals surface area (Å²) in [6.45, 7) is 12.6. The molecule has 0 saturated carbocycles. The van der Waals surface area contributed by atoms with E-state index in [9.17, 15) is 53.4 Å². The number of aliphatic hydroxyl groups is 1. The summed E-state index contributed by atoms with van der Waals surface area (Å²) in [5.74, 6) is -6.62. The summed E-state index contributed by atoms with van der Waals surface area (Å²) < 4.78 is 29.5. The SMILES string of the molecule is CO[C@@H]1/C=C/C=C(\C)Cc2cc(C)c(Cl)c(c2)N(C)C(=O)C[C@H](OC(=O)[C@H](C)N(C)C(=O)c2ccc(CC(=O)[C@H](CCCNC(N)=O)NC(=O)[C@@H](CC(=O)CCCCCOC(=O)C(CBr)CBr)C(C)C)c(O)c2)[C@]2(C)O[C@H]2[C@H](C)[C@@H]2C[C@@]1(O)CC(=O)O2. The number of ether oxygens (including phenoxy) is 5. The number of fused-ring (bicyclic) bond motifs is 5. The van der Waals surface area contributed by atoms with E-state index in [1.807, 2.05) is 32.1 Å². The van der Waals surface area contributed by atoms with Gasteiger partial charge in [-0.15, -0.1) is 0 Å². The Kier molecular flexibility index (Phi) is 27.0. The number of likely N-dealkylation sites (N-methyl/N-ethyl adjacent to an activating group) is 1. The van der Waals surface area contributed by atoms with Crippen LogP contribution in [0.25, 0.3) is 0 Å². The number of rotatable bonds is 26. The lowest BCUT2D eigenvalue weighted by Crippen LogP contribution is -2.53. The number of halogens is 3. The number of alkyl halides is 2. The zero-order valence-electron chi connectivity index (χ0n) is 51.4. The second-order valence-corrected chi connectivity index (χ2v) is 25.5. The van der Waals surface area contributed by atoms with Crippen molar-refractivity contribution in [3.63, 3.8) is 0 Å². The number of carbonyl (C=O) groups excluding carboxylic acids is 9. The first-order valence-corrected chi connectivity index (χ1v) is 32.1. The van der Waals surface area contributed by atoms with Gasteiger partial charge in [-0.05, 0) is 101 Å². The van der Waals surface area contributed by atoms with Gasteiger partial charge in [0.25, 0.3) is 5.91 Å². The second kappa shape index (κ2) is 32.7. The monoisotopic (exact) mass is 1360 g/mol. The molecule has 2 saturated heterocycles. The third-order valence-corrected chi connectivity index (χ3v) is 18.8. The topological polar surface area (TPSA) is 300 Å². The van der Waals surface area contributed by atoms with Crippen molar-refractivity contribution < 1.29 is 77.0 Å². The van der Waals surface area contributed by atoms with Gasteiger partial charge in [0.1, 0.15) is 47.1 Å². The minimum atomic E-state index is -1.66. The fourth-order valence-corrected chi connectivity index (χ4v) is 12.8. The minimum Gasteiger partial charge on any atom is -0.508 e. The number of amides is 5. The molecule has 0 radical (unpaired) electrons. The van der Waals surface area contributed by atoms with Crippen molar-refractivity contribution in [2.45, 2.75) is 173 Å². The van der Waals surface area contributed by atoms with Crippen LogP contribution in [0.1, 0.15) is 133 Å². The minimum absolute atomic E-state index is 0.0172. The number of allylic oxidation sites excluding steroid dienone is 3. The molecule has 480 valence electrons. The Balaban J connectivity index is 1.31. The molecule has 2 aromatic rings. The van der Waals surface area contributed by atoms with Gasteiger partial charge >= 0.3 is 23.9 Å². The number of urea groups is 1. The normalized spacial score (nSPS) is 24.3. The van der Waals surface area contributed by atoms with E-state index >= 15 is 0 Å². The molecule has 2 aromatic carbocycles. The van der Waals surface area contributed by atoms with E-state index in [0.29, 0.717) is 47.1 Å². The number of anilines is 1. The van der Waals surface area contributed by atoms with Gasteiger partial charge in [0, 0.05) is 87.1 Å². The number of benzene rings is 2. The van der Waals surface area contributed by atoms with E-state index < -0.39 is 113 Å². The summed E-state index contributed by atoms with van der Waals surface area (Å²) in [5.41, 5.74) is 5.25. The molecule has 5 amide bonds. The molecule has 3 heterocycles. The number of esters is 3. The summed E-state index contributed by atoms with van der Waals surface area (Å²) in [5, 5.41) is 29.9. The fourth-order valence-electron chi connectivity index (χ4n) is 11.0. The van der Waals surface area contributed by atoms with Crippen molar-refractivity contribution in [1.82, 2.24) is 15.5 Å². The maximum atomic E-state index is 14.5. The van der Waals surface area contributed by atoms with Crippen LogP contribution in [0, 0.1) is 30.6 Å². The number of aryl methyl sites for hydroxylation is 1. The van der Waals surface area contributed by atoms with Gasteiger partial charge in [-0.3, -0.25) is 33.6 Å². The molecule has 3 aliphatic heterocycles. The molecule has 87 heavy (non-hydrogen) atoms. The number of nitrogens with zero attached hydrogens (tertiary/aromatic N) is 2. The van der Waals surface area contributed by atoms with E-state index in [2.05, 4.69) is 42.5 Å². The van der Waals surface area contributed by atoms with Crippen molar-refractivity contribution in [3.8, 4) is 5.75 Å². The second-order valence-electron chi connectivity index (χ2n) is 23.8. The molecule has 0 aromatic heterocycles. The third-order valence-electron chi connectivity index (χ3n) is 16.7. The molecule has 0 spiro atoms. The maximum absolute atomic E-state index is 14.5. The van der Waals surface area contributed by atoms with E-state index in [1.165, 1.54) is 38.1 Å². The Bertz CT molecular complexity index is 2900. The predicted molar refractivity (Wildman–Crippen MR) is 334 cm³/mol. The van der Waals surface area contributed by atoms with E-state index in [-0.39, 0.29) is 92.8 Å². The van der Waals surface area contributed by atoms with Crippen LogP contribution in [0.4, 0.5) is 10.5 Å². The quantitative estimate of drug-likeness (QED) is 0.0197. The number of hydrogen-bond donors (Lipinski definition) is 5. The molecule has 4 bridgehead atoms. The lowest BCUT2D eigenvalue weighted by atomic mass is 9.78. The standard InChI is InChI=1S/C63H86Br2ClN5O16/c1-35(2)45(29-44(72)17-12-11-13-23-84-60(80)43(33-64)34-65)57(77)69-46(18-15-22-68-61(67)81)49(74)27-41-20-21-42(28-48(41)73)58(78)70(8)39(6)59(79)86-52-30-53(75)71(9)47-26-40(25-37(4)55(47)66)24-36(3)16-14-19-51(83-10)63(82)31-50(85-54(76)32-63)38(5)56-62(52,7)87-56/h14,16,19-21,25-26,28,35,38-39,43,45-46,50-52,56,73,82H,11-13,15,17-18,22-24,27,29-34H2,1-10H3,(H,69,77)(H3,67,68,81)/b19-14+,36-16+/t38-,39+,45+,46+,50+,51-,52+,56+,62+,63-/m1/s1. The molecule has 5 rings (SSSR count). The molecule has 24 heteroatoms. The number of nitrogens with two attached hydrogens (primary N) is 1. The van der Waals surface area contributed by atoms with Gasteiger partial charge in [-0.1, -0.05) is 100 Å². The predicted octanol–water partition coefficient (Wildman–Crippen LogP) is 7.87. The van der Waals surface area contributed by atoms with Crippen LogP contribution >= 0.6 is 43.5 Å². The van der Waals surface area contributed by atoms with Gasteiger partial charge in [0.05, 0.1) is 48.2 Å². The number of aromatic hydroxyl groups is 1. The van der Waals surface area contributed by atoms with Crippen LogP contribution in [0.2, 0.25) is 5.02 Å². The van der Waals surface area contributed by atoms with Crippen LogP contribution in [-0.4, -0.2) is 161 Å². The number of phenols is 1. The Hall–Kier alpha value is -5.72. The zero-order valence-corrected chi connectivity index (χ0v) is 55.3. The van der Waals surface area contributed by atoms with Crippen molar-refractivity contribution in [2.75, 3.05) is 49.9 Å². The molecule has 21 nitrogen and oxygen atoms in total. The number of nitrogens with one attached hydrogen (secondary N) is 2. The fraction of sp³-hybridized carbons (Fsp3) is 0.603. The van der Waals surface area contributed by atoms with Crippen LogP contribution in [0.5, 0.6) is 5.75 Å². The van der Waals surface area contributed by atoms with Gasteiger partial charge < -0.3 is 60.1 Å². The first-order chi connectivity index (χ1) is 41.0. The summed E-state index contributed by atoms with van der Waals surface area (Å²) in [6, 6.07) is 4.46. The maximum Gasteiger partial charge on any atom is 0.328 e. The smallest absolute Gasteiger partial charge is 0.328 e. The lowest BCUT2D eigenvalue weighted by molar-refractivity contribution is -0.187. The van der Waals surface area contributed by atoms with Crippen molar-refractivity contribution in [3.05, 3.63) is 81.4 Å². The first kappa shape index (κ1) is 72.0. The molecule has 0 aliphatic carbocycles. The highest BCUT2D eigenvalue weighted by atomic mass is 79.9. The summed E-state index contributed by atoms with van der Waals surface area (Å²) in [4.78, 5) is 123. The number of hydrogen-bond acceptors (Lipinski definition) is 16. The zero-order chi connectivity index (χ0) is 64.7. The highest BCUT2D eigenvalue weighted by Crippen LogP contribution is 2.50. The van der Waals surface area contributed by atoms with E-state index in [4.69, 9.17) is 41.0 Å². The van der Waals surface area contributed by atoms with Gasteiger partial charge in [0.2, 0.25) is 11.8 Å². The molecule has 3 aliphatic rings. The summed E-state index contributed by atoms with van der Waals surface area (Å²) in [6.07, 6.45) is 3.03. The third kappa shape index (κ3) is 19.6. The number of Topliss-reactive ketones (excluding diaryl/α,β-unsaturated/α-hetero) is 2. The van der Waals surface area contributed by atoms with Crippen LogP contribution in [-0.2, 0) is 70.1 Å². The number of primary amides is 1. The Labute approximate surface area is 531 Å². The molecule has 10 atom stereocenters. The number of phenolic OH excluding ortho intramolecular Hbond substituents is 1. The van der Waals surface area contributed by atoms with Crippen LogP contribution in [0.3, 0.4) is 0 Å². The lowest BCUT2D eigenvalue weighted by Gasteiger charge is -2.41. The summed E-state index contributed by atoms with van der Waals surface area (Å²) in [7, 11) is 4.37. The summed E-state index contributed by atoms with van der Waals surface area (Å²) >= 11 is 13.4. The van der Waals surface area contributed by atoms with Crippen LogP contribution in [0.15, 0.2) is 54.1 Å². The average molecular weight is 1360 g/mol. The number of ketones is 2.